The summed E-state index contributed by atoms with van der Waals surface area (Å²) < 4.78 is 37.5. The van der Waals surface area contributed by atoms with Crippen LogP contribution in [-0.2, 0) is 12.7 Å². The Balaban J connectivity index is 1.55. The van der Waals surface area contributed by atoms with E-state index in [0.717, 1.165) is 37.8 Å². The molecule has 122 valence electrons. The van der Waals surface area contributed by atoms with E-state index in [1.165, 1.54) is 12.3 Å². The van der Waals surface area contributed by atoms with Crippen LogP contribution in [0.5, 0.6) is 0 Å². The minimum atomic E-state index is -4.39. The molecule has 23 heavy (non-hydrogen) atoms. The molecule has 0 atom stereocenters. The van der Waals surface area contributed by atoms with Crippen LogP contribution in [0.25, 0.3) is 0 Å². The summed E-state index contributed by atoms with van der Waals surface area (Å²) in [6, 6.07) is 4.29. The van der Waals surface area contributed by atoms with E-state index in [1.54, 1.807) is 18.5 Å². The first kappa shape index (κ1) is 15.7. The molecular weight excluding hydrogens is 307 g/mol. The quantitative estimate of drug-likeness (QED) is 0.867. The Hall–Kier alpha value is -2.22. The standard InChI is InChI=1S/C15H16F3N5/c16-15(17,18)13-3-2-12(10-21-13)11-22-6-8-23(9-7-22)14-19-4-1-5-20-14/h1-5,10H,6-9,11H2. The molecule has 0 unspecified atom stereocenters. The second-order valence-corrected chi connectivity index (χ2v) is 5.36. The third-order valence-corrected chi connectivity index (χ3v) is 3.73. The van der Waals surface area contributed by atoms with Crippen molar-refractivity contribution in [1.82, 2.24) is 19.9 Å². The summed E-state index contributed by atoms with van der Waals surface area (Å²) in [7, 11) is 0. The molecule has 1 aliphatic heterocycles. The van der Waals surface area contributed by atoms with E-state index in [9.17, 15) is 13.2 Å². The molecule has 0 amide bonds. The van der Waals surface area contributed by atoms with Crippen LogP contribution < -0.4 is 4.90 Å². The molecule has 3 heterocycles. The molecule has 0 aromatic carbocycles. The Morgan fingerprint density at radius 3 is 2.22 bits per heavy atom. The van der Waals surface area contributed by atoms with Crippen LogP contribution in [0.4, 0.5) is 19.1 Å². The second-order valence-electron chi connectivity index (χ2n) is 5.36. The maximum atomic E-state index is 12.5. The predicted molar refractivity (Wildman–Crippen MR) is 78.8 cm³/mol. The lowest BCUT2D eigenvalue weighted by Crippen LogP contribution is -2.46. The van der Waals surface area contributed by atoms with E-state index in [1.807, 2.05) is 0 Å². The molecule has 2 aromatic heterocycles. The fourth-order valence-electron chi connectivity index (χ4n) is 2.50. The van der Waals surface area contributed by atoms with Crippen LogP contribution in [0.1, 0.15) is 11.3 Å². The Kier molecular flexibility index (Phi) is 4.42. The molecule has 8 heteroatoms. The van der Waals surface area contributed by atoms with Crippen molar-refractivity contribution in [3.8, 4) is 0 Å². The first-order chi connectivity index (χ1) is 11.0. The summed E-state index contributed by atoms with van der Waals surface area (Å²) in [6.45, 7) is 3.78. The largest absolute Gasteiger partial charge is 0.433 e. The van der Waals surface area contributed by atoms with Gasteiger partial charge in [0, 0.05) is 51.3 Å². The van der Waals surface area contributed by atoms with Crippen LogP contribution in [-0.4, -0.2) is 46.0 Å². The van der Waals surface area contributed by atoms with Crippen molar-refractivity contribution in [3.63, 3.8) is 0 Å². The van der Waals surface area contributed by atoms with E-state index in [2.05, 4.69) is 24.8 Å². The predicted octanol–water partition coefficient (Wildman–Crippen LogP) is 2.21. The Morgan fingerprint density at radius 1 is 0.957 bits per heavy atom. The van der Waals surface area contributed by atoms with Crippen LogP contribution in [0.2, 0.25) is 0 Å². The summed E-state index contributed by atoms with van der Waals surface area (Å²) in [6.07, 6.45) is 0.334. The number of hydrogen-bond acceptors (Lipinski definition) is 5. The molecule has 3 rings (SSSR count). The van der Waals surface area contributed by atoms with Gasteiger partial charge in [-0.05, 0) is 17.7 Å². The number of pyridine rings is 1. The van der Waals surface area contributed by atoms with E-state index >= 15 is 0 Å². The van der Waals surface area contributed by atoms with Crippen molar-refractivity contribution in [2.24, 2.45) is 0 Å². The summed E-state index contributed by atoms with van der Waals surface area (Å²) in [5.74, 6) is 0.711. The topological polar surface area (TPSA) is 45.2 Å². The Morgan fingerprint density at radius 2 is 1.65 bits per heavy atom. The number of anilines is 1. The number of nitrogens with zero attached hydrogens (tertiary/aromatic N) is 5. The van der Waals surface area contributed by atoms with Gasteiger partial charge in [-0.2, -0.15) is 13.2 Å². The van der Waals surface area contributed by atoms with E-state index in [4.69, 9.17) is 0 Å². The number of alkyl halides is 3. The van der Waals surface area contributed by atoms with Crippen LogP contribution >= 0.6 is 0 Å². The highest BCUT2D eigenvalue weighted by atomic mass is 19.4. The maximum Gasteiger partial charge on any atom is 0.433 e. The van der Waals surface area contributed by atoms with Gasteiger partial charge in [-0.1, -0.05) is 6.07 Å². The molecule has 0 aliphatic carbocycles. The summed E-state index contributed by atoms with van der Waals surface area (Å²) in [5, 5.41) is 0. The van der Waals surface area contributed by atoms with E-state index in [-0.39, 0.29) is 0 Å². The highest BCUT2D eigenvalue weighted by Gasteiger charge is 2.32. The van der Waals surface area contributed by atoms with Crippen molar-refractivity contribution in [2.75, 3.05) is 31.1 Å². The van der Waals surface area contributed by atoms with Crippen LogP contribution in [0.15, 0.2) is 36.8 Å². The average molecular weight is 323 g/mol. The van der Waals surface area contributed by atoms with Crippen molar-refractivity contribution < 1.29 is 13.2 Å². The fraction of sp³-hybridized carbons (Fsp3) is 0.400. The minimum absolute atomic E-state index is 0.592. The van der Waals surface area contributed by atoms with Crippen molar-refractivity contribution in [1.29, 1.82) is 0 Å². The monoisotopic (exact) mass is 323 g/mol. The molecule has 0 saturated carbocycles. The normalized spacial score (nSPS) is 16.6. The molecule has 0 spiro atoms. The molecule has 1 fully saturated rings. The minimum Gasteiger partial charge on any atom is -0.338 e. The number of rotatable bonds is 3. The molecular formula is C15H16F3N5. The summed E-state index contributed by atoms with van der Waals surface area (Å²) >= 11 is 0. The third-order valence-electron chi connectivity index (χ3n) is 3.73. The van der Waals surface area contributed by atoms with Crippen molar-refractivity contribution in [3.05, 3.63) is 48.0 Å². The van der Waals surface area contributed by atoms with Gasteiger partial charge in [-0.25, -0.2) is 9.97 Å². The maximum absolute atomic E-state index is 12.5. The third kappa shape index (κ3) is 3.95. The smallest absolute Gasteiger partial charge is 0.338 e. The van der Waals surface area contributed by atoms with Gasteiger partial charge in [0.15, 0.2) is 0 Å². The van der Waals surface area contributed by atoms with Crippen molar-refractivity contribution in [2.45, 2.75) is 12.7 Å². The van der Waals surface area contributed by atoms with Crippen molar-refractivity contribution >= 4 is 5.95 Å². The molecule has 5 nitrogen and oxygen atoms in total. The highest BCUT2D eigenvalue weighted by molar-refractivity contribution is 5.29. The van der Waals surface area contributed by atoms with Gasteiger partial charge < -0.3 is 4.90 Å². The van der Waals surface area contributed by atoms with Gasteiger partial charge in [0.1, 0.15) is 5.69 Å². The summed E-state index contributed by atoms with van der Waals surface area (Å²) in [4.78, 5) is 16.2. The van der Waals surface area contributed by atoms with Crippen LogP contribution in [0, 0.1) is 0 Å². The zero-order valence-electron chi connectivity index (χ0n) is 12.4. The SMILES string of the molecule is FC(F)(F)c1ccc(CN2CCN(c3ncccn3)CC2)cn1. The number of halogens is 3. The van der Waals surface area contributed by atoms with E-state index in [0.29, 0.717) is 12.5 Å². The van der Waals surface area contributed by atoms with Gasteiger partial charge in [0.05, 0.1) is 0 Å². The molecule has 2 aromatic rings. The molecule has 1 saturated heterocycles. The number of aromatic nitrogens is 3. The zero-order valence-corrected chi connectivity index (χ0v) is 12.4. The Bertz CT molecular complexity index is 622. The lowest BCUT2D eigenvalue weighted by molar-refractivity contribution is -0.141. The van der Waals surface area contributed by atoms with Gasteiger partial charge in [0.25, 0.3) is 0 Å². The lowest BCUT2D eigenvalue weighted by Gasteiger charge is -2.34. The first-order valence-electron chi connectivity index (χ1n) is 7.29. The van der Waals surface area contributed by atoms with Gasteiger partial charge in [-0.15, -0.1) is 0 Å². The molecule has 0 radical (unpaired) electrons. The van der Waals surface area contributed by atoms with Crippen LogP contribution in [0.3, 0.4) is 0 Å². The molecule has 0 N–H and O–H groups in total. The fourth-order valence-corrected chi connectivity index (χ4v) is 2.50. The number of piperazine rings is 1. The van der Waals surface area contributed by atoms with Gasteiger partial charge in [-0.3, -0.25) is 9.88 Å². The molecule has 1 aliphatic rings. The summed E-state index contributed by atoms with van der Waals surface area (Å²) in [5.41, 5.74) is -0.0743. The average Bonchev–Trinajstić information content (AvgIpc) is 2.56. The lowest BCUT2D eigenvalue weighted by atomic mass is 10.2. The second kappa shape index (κ2) is 6.49. The van der Waals surface area contributed by atoms with E-state index < -0.39 is 11.9 Å². The first-order valence-corrected chi connectivity index (χ1v) is 7.29. The molecule has 0 bridgehead atoms. The van der Waals surface area contributed by atoms with Gasteiger partial charge >= 0.3 is 6.18 Å². The van der Waals surface area contributed by atoms with Gasteiger partial charge in [0.2, 0.25) is 5.95 Å². The Labute approximate surface area is 131 Å². The number of hydrogen-bond donors (Lipinski definition) is 0. The highest BCUT2D eigenvalue weighted by Crippen LogP contribution is 2.27. The zero-order chi connectivity index (χ0) is 16.3.